The normalized spacial score (nSPS) is 18.3. The summed E-state index contributed by atoms with van der Waals surface area (Å²) in [5, 5.41) is 5.65. The molecule has 1 fully saturated rings. The number of aromatic nitrogens is 2. The summed E-state index contributed by atoms with van der Waals surface area (Å²) in [7, 11) is 1.62. The lowest BCUT2D eigenvalue weighted by Crippen LogP contribution is -2.46. The van der Waals surface area contributed by atoms with E-state index in [2.05, 4.69) is 12.0 Å². The molecule has 6 nitrogen and oxygen atoms in total. The molecule has 1 amide bonds. The zero-order chi connectivity index (χ0) is 16.4. The topological polar surface area (TPSA) is 64.4 Å². The zero-order valence-electron chi connectivity index (χ0n) is 13.5. The van der Waals surface area contributed by atoms with Gasteiger partial charge in [0.2, 0.25) is 5.91 Å². The molecule has 3 rings (SSSR count). The van der Waals surface area contributed by atoms with Crippen molar-refractivity contribution in [3.05, 3.63) is 40.3 Å². The van der Waals surface area contributed by atoms with E-state index in [1.165, 1.54) is 4.68 Å². The number of carbonyl (C=O) groups excluding carboxylic acids is 1. The minimum atomic E-state index is -0.144. The highest BCUT2D eigenvalue weighted by Gasteiger charge is 2.24. The molecule has 2 heterocycles. The van der Waals surface area contributed by atoms with Gasteiger partial charge in [0.25, 0.3) is 5.56 Å². The van der Waals surface area contributed by atoms with E-state index >= 15 is 0 Å². The average molecular weight is 315 g/mol. The van der Waals surface area contributed by atoms with Gasteiger partial charge in [0.05, 0.1) is 30.2 Å². The Hall–Kier alpha value is -2.21. The molecular weight excluding hydrogens is 294 g/mol. The molecule has 0 aliphatic carbocycles. The number of fused-ring (bicyclic) bond motifs is 1. The highest BCUT2D eigenvalue weighted by molar-refractivity contribution is 5.88. The Kier molecular flexibility index (Phi) is 4.43. The maximum absolute atomic E-state index is 12.6. The molecule has 0 radical (unpaired) electrons. The fourth-order valence-corrected chi connectivity index (χ4v) is 2.95. The predicted octanol–water partition coefficient (Wildman–Crippen LogP) is 1.11. The van der Waals surface area contributed by atoms with Crippen molar-refractivity contribution in [3.63, 3.8) is 0 Å². The fourth-order valence-electron chi connectivity index (χ4n) is 2.95. The van der Waals surface area contributed by atoms with Crippen LogP contribution in [0.5, 0.6) is 0 Å². The van der Waals surface area contributed by atoms with Gasteiger partial charge in [-0.05, 0) is 12.5 Å². The molecule has 0 N–H and O–H groups in total. The maximum Gasteiger partial charge on any atom is 0.274 e. The number of morpholine rings is 1. The van der Waals surface area contributed by atoms with Crippen molar-refractivity contribution in [3.8, 4) is 0 Å². The van der Waals surface area contributed by atoms with Gasteiger partial charge >= 0.3 is 0 Å². The standard InChI is InChI=1S/C17H21N3O3/c1-3-12-11-20(8-9-23-12)16(21)10-15-13-6-4-5-7-14(13)17(22)19(2)18-15/h4-7,12H,3,8-11H2,1-2H3/t12-/m0/s1. The third-order valence-corrected chi connectivity index (χ3v) is 4.30. The molecule has 23 heavy (non-hydrogen) atoms. The van der Waals surface area contributed by atoms with E-state index in [1.807, 2.05) is 23.1 Å². The first-order valence-corrected chi connectivity index (χ1v) is 7.94. The van der Waals surface area contributed by atoms with Gasteiger partial charge in [-0.3, -0.25) is 9.59 Å². The number of nitrogens with zero attached hydrogens (tertiary/aromatic N) is 3. The number of rotatable bonds is 3. The highest BCUT2D eigenvalue weighted by atomic mass is 16.5. The Morgan fingerprint density at radius 2 is 2.09 bits per heavy atom. The molecule has 0 bridgehead atoms. The van der Waals surface area contributed by atoms with Crippen molar-refractivity contribution in [2.75, 3.05) is 19.7 Å². The number of amides is 1. The summed E-state index contributed by atoms with van der Waals surface area (Å²) in [6.07, 6.45) is 1.20. The second kappa shape index (κ2) is 6.50. The third-order valence-electron chi connectivity index (χ3n) is 4.30. The molecule has 2 aromatic rings. The first-order chi connectivity index (χ1) is 11.1. The molecule has 6 heteroatoms. The Balaban J connectivity index is 1.88. The molecule has 1 aliphatic heterocycles. The van der Waals surface area contributed by atoms with Crippen molar-refractivity contribution >= 4 is 16.7 Å². The van der Waals surface area contributed by atoms with E-state index in [-0.39, 0.29) is 24.0 Å². The number of hydrogen-bond donors (Lipinski definition) is 0. The van der Waals surface area contributed by atoms with Crippen molar-refractivity contribution in [1.82, 2.24) is 14.7 Å². The summed E-state index contributed by atoms with van der Waals surface area (Å²) in [4.78, 5) is 26.6. The molecule has 0 unspecified atom stereocenters. The van der Waals surface area contributed by atoms with Crippen molar-refractivity contribution in [2.45, 2.75) is 25.9 Å². The number of ether oxygens (including phenoxy) is 1. The zero-order valence-corrected chi connectivity index (χ0v) is 13.5. The van der Waals surface area contributed by atoms with Gasteiger partial charge in [-0.15, -0.1) is 0 Å². The van der Waals surface area contributed by atoms with Crippen LogP contribution in [0.15, 0.2) is 29.1 Å². The maximum atomic E-state index is 12.6. The number of aryl methyl sites for hydroxylation is 1. The van der Waals surface area contributed by atoms with Gasteiger partial charge in [-0.25, -0.2) is 4.68 Å². The van der Waals surface area contributed by atoms with E-state index in [9.17, 15) is 9.59 Å². The summed E-state index contributed by atoms with van der Waals surface area (Å²) in [5.74, 6) is 0.0306. The lowest BCUT2D eigenvalue weighted by Gasteiger charge is -2.32. The first-order valence-electron chi connectivity index (χ1n) is 7.94. The van der Waals surface area contributed by atoms with Crippen LogP contribution >= 0.6 is 0 Å². The van der Waals surface area contributed by atoms with Gasteiger partial charge < -0.3 is 9.64 Å². The lowest BCUT2D eigenvalue weighted by molar-refractivity contribution is -0.138. The van der Waals surface area contributed by atoms with E-state index in [0.717, 1.165) is 11.8 Å². The summed E-state index contributed by atoms with van der Waals surface area (Å²) < 4.78 is 6.91. The van der Waals surface area contributed by atoms with Gasteiger partial charge in [0, 0.05) is 25.5 Å². The molecule has 1 aromatic carbocycles. The van der Waals surface area contributed by atoms with Crippen molar-refractivity contribution < 1.29 is 9.53 Å². The Morgan fingerprint density at radius 3 is 2.83 bits per heavy atom. The van der Waals surface area contributed by atoms with Crippen molar-refractivity contribution in [2.24, 2.45) is 7.05 Å². The monoisotopic (exact) mass is 315 g/mol. The van der Waals surface area contributed by atoms with Crippen LogP contribution in [0.1, 0.15) is 19.0 Å². The van der Waals surface area contributed by atoms with E-state index in [1.54, 1.807) is 13.1 Å². The van der Waals surface area contributed by atoms with E-state index < -0.39 is 0 Å². The highest BCUT2D eigenvalue weighted by Crippen LogP contribution is 2.16. The summed E-state index contributed by atoms with van der Waals surface area (Å²) in [6.45, 7) is 3.87. The second-order valence-corrected chi connectivity index (χ2v) is 5.84. The Labute approximate surface area is 134 Å². The minimum absolute atomic E-state index is 0.0306. The van der Waals surface area contributed by atoms with Crippen molar-refractivity contribution in [1.29, 1.82) is 0 Å². The number of hydrogen-bond acceptors (Lipinski definition) is 4. The van der Waals surface area contributed by atoms with Crippen LogP contribution < -0.4 is 5.56 Å². The minimum Gasteiger partial charge on any atom is -0.375 e. The van der Waals surface area contributed by atoms with Crippen LogP contribution in [-0.2, 0) is 23.0 Å². The molecule has 0 spiro atoms. The van der Waals surface area contributed by atoms with Gasteiger partial charge in [0.15, 0.2) is 0 Å². The summed E-state index contributed by atoms with van der Waals surface area (Å²) in [5.41, 5.74) is 0.501. The number of carbonyl (C=O) groups is 1. The Morgan fingerprint density at radius 1 is 1.35 bits per heavy atom. The van der Waals surface area contributed by atoms with Crippen LogP contribution in [0, 0.1) is 0 Å². The Bertz CT molecular complexity index is 784. The van der Waals surface area contributed by atoms with Crippen LogP contribution in [0.2, 0.25) is 0 Å². The lowest BCUT2D eigenvalue weighted by atomic mass is 10.1. The molecule has 0 saturated carbocycles. The smallest absolute Gasteiger partial charge is 0.274 e. The SMILES string of the molecule is CC[C@H]1CN(C(=O)Cc2nn(C)c(=O)c3ccccc23)CCO1. The first kappa shape index (κ1) is 15.7. The average Bonchev–Trinajstić information content (AvgIpc) is 2.59. The second-order valence-electron chi connectivity index (χ2n) is 5.84. The van der Waals surface area contributed by atoms with E-state index in [0.29, 0.717) is 30.8 Å². The molecule has 122 valence electrons. The molecule has 1 aromatic heterocycles. The molecule has 1 atom stereocenters. The van der Waals surface area contributed by atoms with Gasteiger partial charge in [-0.1, -0.05) is 25.1 Å². The van der Waals surface area contributed by atoms with Gasteiger partial charge in [0.1, 0.15) is 0 Å². The third kappa shape index (κ3) is 3.12. The summed E-state index contributed by atoms with van der Waals surface area (Å²) >= 11 is 0. The van der Waals surface area contributed by atoms with Crippen LogP contribution in [0.4, 0.5) is 0 Å². The fraction of sp³-hybridized carbons (Fsp3) is 0.471. The molecular formula is C17H21N3O3. The largest absolute Gasteiger partial charge is 0.375 e. The predicted molar refractivity (Wildman–Crippen MR) is 87.3 cm³/mol. The molecule has 1 aliphatic rings. The number of benzene rings is 1. The quantitative estimate of drug-likeness (QED) is 0.851. The summed E-state index contributed by atoms with van der Waals surface area (Å²) in [6, 6.07) is 7.30. The van der Waals surface area contributed by atoms with E-state index in [4.69, 9.17) is 4.74 Å². The van der Waals surface area contributed by atoms with Crippen LogP contribution in [0.3, 0.4) is 0 Å². The van der Waals surface area contributed by atoms with Gasteiger partial charge in [-0.2, -0.15) is 5.10 Å². The molecule has 1 saturated heterocycles. The van der Waals surface area contributed by atoms with Crippen LogP contribution in [0.25, 0.3) is 10.8 Å². The van der Waals surface area contributed by atoms with Crippen LogP contribution in [-0.4, -0.2) is 46.4 Å².